The number of allylic oxidation sites excluding steroid dienone is 14. The molecule has 414 valence electrons. The zero-order chi connectivity index (χ0) is 52.2. The van der Waals surface area contributed by atoms with Crippen molar-refractivity contribution in [3.8, 4) is 0 Å². The smallest absolute Gasteiger partial charge is 0.306 e. The molecule has 0 radical (unpaired) electrons. The molecular formula is C66H114O6. The van der Waals surface area contributed by atoms with Gasteiger partial charge in [0, 0.05) is 19.3 Å². The molecule has 6 nitrogen and oxygen atoms in total. The van der Waals surface area contributed by atoms with Crippen LogP contribution in [0.1, 0.15) is 297 Å². The summed E-state index contributed by atoms with van der Waals surface area (Å²) in [7, 11) is 0. The first kappa shape index (κ1) is 68.6. The minimum Gasteiger partial charge on any atom is -0.462 e. The molecular weight excluding hydrogens is 889 g/mol. The molecule has 1 unspecified atom stereocenters. The van der Waals surface area contributed by atoms with Crippen LogP contribution in [-0.2, 0) is 28.6 Å². The lowest BCUT2D eigenvalue weighted by Crippen LogP contribution is -2.30. The zero-order valence-electron chi connectivity index (χ0n) is 47.4. The Morgan fingerprint density at radius 2 is 0.542 bits per heavy atom. The third-order valence-electron chi connectivity index (χ3n) is 13.2. The number of unbranched alkanes of at least 4 members (excludes halogenated alkanes) is 30. The molecule has 0 fully saturated rings. The standard InChI is InChI=1S/C66H114O6/c1-4-7-10-13-15-17-19-21-23-25-26-27-28-29-30-31-32-33-34-35-36-37-38-39-40-41-43-44-46-48-50-53-56-59-65(68)71-62-63(61-70-64(67)58-55-52-12-9-6-3)72-66(69)60-57-54-51-49-47-45-42-24-22-20-18-16-14-11-8-5-2/h7,10,15,17,21,23,26-27,29-30,32-33,35-36,63H,4-6,8-9,11-14,16,18-20,22,24-25,28,31,34,37-62H2,1-3H3/b10-7-,17-15-,23-21-,27-26-,30-29-,33-32-,36-35-. The molecule has 0 amide bonds. The number of rotatable bonds is 55. The second-order valence-corrected chi connectivity index (χ2v) is 20.2. The van der Waals surface area contributed by atoms with Crippen molar-refractivity contribution in [1.29, 1.82) is 0 Å². The summed E-state index contributed by atoms with van der Waals surface area (Å²) in [5.41, 5.74) is 0. The summed E-state index contributed by atoms with van der Waals surface area (Å²) < 4.78 is 16.7. The van der Waals surface area contributed by atoms with Crippen LogP contribution in [0.2, 0.25) is 0 Å². The number of hydrogen-bond acceptors (Lipinski definition) is 6. The van der Waals surface area contributed by atoms with Gasteiger partial charge in [0.2, 0.25) is 0 Å². The van der Waals surface area contributed by atoms with Gasteiger partial charge in [-0.05, 0) is 77.0 Å². The molecule has 0 aromatic rings. The normalized spacial score (nSPS) is 12.7. The highest BCUT2D eigenvalue weighted by Gasteiger charge is 2.19. The molecule has 0 heterocycles. The van der Waals surface area contributed by atoms with E-state index in [0.717, 1.165) is 109 Å². The first-order valence-electron chi connectivity index (χ1n) is 30.6. The zero-order valence-corrected chi connectivity index (χ0v) is 47.4. The Morgan fingerprint density at radius 1 is 0.292 bits per heavy atom. The fraction of sp³-hybridized carbons (Fsp3) is 0.742. The van der Waals surface area contributed by atoms with Gasteiger partial charge in [-0.2, -0.15) is 0 Å². The Hall–Kier alpha value is -3.41. The van der Waals surface area contributed by atoms with Gasteiger partial charge in [-0.25, -0.2) is 0 Å². The number of carbonyl (C=O) groups excluding carboxylic acids is 3. The molecule has 6 heteroatoms. The van der Waals surface area contributed by atoms with Crippen LogP contribution in [0.4, 0.5) is 0 Å². The van der Waals surface area contributed by atoms with Crippen molar-refractivity contribution in [2.45, 2.75) is 303 Å². The van der Waals surface area contributed by atoms with Gasteiger partial charge >= 0.3 is 17.9 Å². The maximum atomic E-state index is 12.8. The lowest BCUT2D eigenvalue weighted by molar-refractivity contribution is -0.167. The molecule has 0 aromatic heterocycles. The van der Waals surface area contributed by atoms with Gasteiger partial charge in [0.15, 0.2) is 6.10 Å². The number of esters is 3. The summed E-state index contributed by atoms with van der Waals surface area (Å²) in [5, 5.41) is 0. The summed E-state index contributed by atoms with van der Waals surface area (Å²) in [4.78, 5) is 37.8. The molecule has 0 N–H and O–H groups in total. The lowest BCUT2D eigenvalue weighted by Gasteiger charge is -2.18. The van der Waals surface area contributed by atoms with E-state index in [2.05, 4.69) is 106 Å². The van der Waals surface area contributed by atoms with Crippen molar-refractivity contribution in [3.05, 3.63) is 85.1 Å². The number of carbonyl (C=O) groups is 3. The minimum atomic E-state index is -0.770. The van der Waals surface area contributed by atoms with E-state index in [9.17, 15) is 14.4 Å². The van der Waals surface area contributed by atoms with Gasteiger partial charge in [-0.1, -0.05) is 286 Å². The van der Waals surface area contributed by atoms with Crippen molar-refractivity contribution in [3.63, 3.8) is 0 Å². The highest BCUT2D eigenvalue weighted by Crippen LogP contribution is 2.16. The van der Waals surface area contributed by atoms with Gasteiger partial charge in [0.05, 0.1) is 0 Å². The average molecular weight is 1000 g/mol. The summed E-state index contributed by atoms with van der Waals surface area (Å²) in [5.74, 6) is -0.881. The van der Waals surface area contributed by atoms with Gasteiger partial charge in [0.25, 0.3) is 0 Å². The van der Waals surface area contributed by atoms with Crippen LogP contribution in [0.3, 0.4) is 0 Å². The summed E-state index contributed by atoms with van der Waals surface area (Å²) >= 11 is 0. The van der Waals surface area contributed by atoms with E-state index in [1.807, 2.05) is 0 Å². The molecule has 0 spiro atoms. The molecule has 0 saturated carbocycles. The third-order valence-corrected chi connectivity index (χ3v) is 13.2. The number of hydrogen-bond donors (Lipinski definition) is 0. The molecule has 1 atom stereocenters. The first-order chi connectivity index (χ1) is 35.5. The SMILES string of the molecule is CC/C=C\C/C=C\C/C=C\C/C=C\C/C=C\C/C=C\C/C=C\CCCCCCCCCCCCCC(=O)OCC(COC(=O)CCCCCCC)OC(=O)CCCCCCCCCCCCCCCCCC. The van der Waals surface area contributed by atoms with E-state index < -0.39 is 6.10 Å². The maximum absolute atomic E-state index is 12.8. The summed E-state index contributed by atoms with van der Waals surface area (Å²) in [6.07, 6.45) is 79.2. The lowest BCUT2D eigenvalue weighted by atomic mass is 10.0. The largest absolute Gasteiger partial charge is 0.462 e. The predicted octanol–water partition coefficient (Wildman–Crippen LogP) is 20.7. The molecule has 0 aliphatic carbocycles. The topological polar surface area (TPSA) is 78.9 Å². The molecule has 0 bridgehead atoms. The molecule has 0 aliphatic heterocycles. The Bertz CT molecular complexity index is 1380. The Morgan fingerprint density at radius 3 is 0.847 bits per heavy atom. The second-order valence-electron chi connectivity index (χ2n) is 20.2. The molecule has 72 heavy (non-hydrogen) atoms. The molecule has 0 aromatic carbocycles. The highest BCUT2D eigenvalue weighted by atomic mass is 16.6. The first-order valence-corrected chi connectivity index (χ1v) is 30.6. The van der Waals surface area contributed by atoms with Crippen molar-refractivity contribution < 1.29 is 28.6 Å². The van der Waals surface area contributed by atoms with Crippen molar-refractivity contribution in [2.24, 2.45) is 0 Å². The Labute approximate surface area is 445 Å². The molecule has 0 aliphatic rings. The van der Waals surface area contributed by atoms with E-state index in [4.69, 9.17) is 14.2 Å². The fourth-order valence-electron chi connectivity index (χ4n) is 8.60. The van der Waals surface area contributed by atoms with Crippen LogP contribution >= 0.6 is 0 Å². The third kappa shape index (κ3) is 57.5. The summed E-state index contributed by atoms with van der Waals surface area (Å²) in [6, 6.07) is 0. The van der Waals surface area contributed by atoms with Crippen molar-refractivity contribution in [2.75, 3.05) is 13.2 Å². The molecule has 0 rings (SSSR count). The van der Waals surface area contributed by atoms with Crippen molar-refractivity contribution >= 4 is 17.9 Å². The van der Waals surface area contributed by atoms with Gasteiger partial charge in [-0.15, -0.1) is 0 Å². The van der Waals surface area contributed by atoms with Gasteiger partial charge in [-0.3, -0.25) is 14.4 Å². The van der Waals surface area contributed by atoms with E-state index in [0.29, 0.717) is 19.3 Å². The fourth-order valence-corrected chi connectivity index (χ4v) is 8.60. The second kappa shape index (κ2) is 60.1. The van der Waals surface area contributed by atoms with Crippen LogP contribution in [0, 0.1) is 0 Å². The van der Waals surface area contributed by atoms with Crippen LogP contribution in [-0.4, -0.2) is 37.2 Å². The summed E-state index contributed by atoms with van der Waals surface area (Å²) in [6.45, 7) is 6.46. The van der Waals surface area contributed by atoms with E-state index in [-0.39, 0.29) is 31.1 Å². The van der Waals surface area contributed by atoms with Crippen LogP contribution in [0.5, 0.6) is 0 Å². The van der Waals surface area contributed by atoms with E-state index in [1.54, 1.807) is 0 Å². The van der Waals surface area contributed by atoms with E-state index >= 15 is 0 Å². The van der Waals surface area contributed by atoms with E-state index in [1.165, 1.54) is 148 Å². The molecule has 0 saturated heterocycles. The Kier molecular flexibility index (Phi) is 57.3. The minimum absolute atomic E-state index is 0.0740. The Balaban J connectivity index is 4.01. The van der Waals surface area contributed by atoms with Crippen LogP contribution in [0.15, 0.2) is 85.1 Å². The maximum Gasteiger partial charge on any atom is 0.306 e. The number of ether oxygens (including phenoxy) is 3. The van der Waals surface area contributed by atoms with Crippen LogP contribution < -0.4 is 0 Å². The predicted molar refractivity (Wildman–Crippen MR) is 311 cm³/mol. The van der Waals surface area contributed by atoms with Gasteiger partial charge < -0.3 is 14.2 Å². The monoisotopic (exact) mass is 1000 g/mol. The quantitative estimate of drug-likeness (QED) is 0.0261. The van der Waals surface area contributed by atoms with Crippen molar-refractivity contribution in [1.82, 2.24) is 0 Å². The average Bonchev–Trinajstić information content (AvgIpc) is 3.38. The van der Waals surface area contributed by atoms with Crippen LogP contribution in [0.25, 0.3) is 0 Å². The van der Waals surface area contributed by atoms with Gasteiger partial charge in [0.1, 0.15) is 13.2 Å². The highest BCUT2D eigenvalue weighted by molar-refractivity contribution is 5.71.